The fourth-order valence-electron chi connectivity index (χ4n) is 4.58. The number of carbonyl (C=O) groups excluding carboxylic acids is 3. The van der Waals surface area contributed by atoms with Crippen molar-refractivity contribution in [3.63, 3.8) is 0 Å². The first-order valence-corrected chi connectivity index (χ1v) is 13.5. The van der Waals surface area contributed by atoms with Gasteiger partial charge in [-0.3, -0.25) is 14.4 Å². The number of carbonyl (C=O) groups is 3. The number of thioether (sulfide) groups is 1. The van der Waals surface area contributed by atoms with Gasteiger partial charge >= 0.3 is 0 Å². The average Bonchev–Trinajstić information content (AvgIpc) is 3.00. The lowest BCUT2D eigenvalue weighted by Gasteiger charge is -2.18. The smallest absolute Gasteiger partial charge is 0.237 e. The van der Waals surface area contributed by atoms with E-state index in [0.717, 1.165) is 11.1 Å². The molecular formula is C32H22N4O3S. The lowest BCUT2D eigenvalue weighted by Crippen LogP contribution is -2.24. The number of benzene rings is 4. The van der Waals surface area contributed by atoms with E-state index < -0.39 is 5.25 Å². The molecule has 194 valence electrons. The van der Waals surface area contributed by atoms with Crippen LogP contribution >= 0.6 is 11.8 Å². The van der Waals surface area contributed by atoms with E-state index in [9.17, 15) is 14.4 Å². The molecule has 0 unspecified atom stereocenters. The first kappa shape index (κ1) is 25.3. The second-order valence-corrected chi connectivity index (χ2v) is 10.5. The molecule has 1 amide bonds. The summed E-state index contributed by atoms with van der Waals surface area (Å²) in [4.78, 5) is 43.8. The largest absolute Gasteiger partial charge is 0.325 e. The number of aromatic nitrogens is 3. The molecule has 1 aromatic heterocycles. The molecule has 0 aliphatic heterocycles. The Morgan fingerprint density at radius 1 is 0.675 bits per heavy atom. The molecule has 0 fully saturated rings. The summed E-state index contributed by atoms with van der Waals surface area (Å²) in [6, 6.07) is 31.0. The first-order valence-electron chi connectivity index (χ1n) is 12.6. The van der Waals surface area contributed by atoms with Crippen LogP contribution in [-0.2, 0) is 4.79 Å². The van der Waals surface area contributed by atoms with Gasteiger partial charge in [0, 0.05) is 39.1 Å². The van der Waals surface area contributed by atoms with Crippen LogP contribution in [0, 0.1) is 0 Å². The van der Waals surface area contributed by atoms with E-state index in [4.69, 9.17) is 4.98 Å². The minimum atomic E-state index is -0.568. The summed E-state index contributed by atoms with van der Waals surface area (Å²) in [6.45, 7) is 1.75. The highest BCUT2D eigenvalue weighted by Crippen LogP contribution is 2.32. The Morgan fingerprint density at radius 2 is 1.23 bits per heavy atom. The van der Waals surface area contributed by atoms with E-state index in [1.54, 1.807) is 49.4 Å². The third kappa shape index (κ3) is 4.81. The maximum Gasteiger partial charge on any atom is 0.237 e. The normalized spacial score (nSPS) is 12.8. The van der Waals surface area contributed by atoms with Gasteiger partial charge < -0.3 is 5.32 Å². The fraction of sp³-hybridized carbons (Fsp3) is 0.0625. The Balaban J connectivity index is 1.23. The van der Waals surface area contributed by atoms with Crippen molar-refractivity contribution in [1.82, 2.24) is 15.2 Å². The Kier molecular flexibility index (Phi) is 6.76. The maximum absolute atomic E-state index is 13.1. The second kappa shape index (κ2) is 10.7. The highest BCUT2D eigenvalue weighted by Gasteiger charge is 2.29. The van der Waals surface area contributed by atoms with Crippen LogP contribution < -0.4 is 5.32 Å². The maximum atomic E-state index is 13.1. The minimum absolute atomic E-state index is 0.204. The van der Waals surface area contributed by atoms with Crippen LogP contribution in [0.15, 0.2) is 108 Å². The number of hydrogen-bond acceptors (Lipinski definition) is 7. The minimum Gasteiger partial charge on any atom is -0.325 e. The van der Waals surface area contributed by atoms with Crippen LogP contribution in [0.3, 0.4) is 0 Å². The van der Waals surface area contributed by atoms with Crippen molar-refractivity contribution in [3.05, 3.63) is 125 Å². The topological polar surface area (TPSA) is 102 Å². The Morgan fingerprint density at radius 3 is 1.88 bits per heavy atom. The predicted molar refractivity (Wildman–Crippen MR) is 154 cm³/mol. The molecule has 1 N–H and O–H groups in total. The van der Waals surface area contributed by atoms with Crippen LogP contribution in [0.5, 0.6) is 0 Å². The van der Waals surface area contributed by atoms with Gasteiger partial charge in [0.25, 0.3) is 0 Å². The lowest BCUT2D eigenvalue weighted by molar-refractivity contribution is -0.115. The fourth-order valence-corrected chi connectivity index (χ4v) is 5.30. The van der Waals surface area contributed by atoms with Gasteiger partial charge in [0.2, 0.25) is 11.1 Å². The molecule has 0 saturated heterocycles. The van der Waals surface area contributed by atoms with E-state index in [2.05, 4.69) is 15.5 Å². The summed E-state index contributed by atoms with van der Waals surface area (Å²) < 4.78 is 0. The third-order valence-corrected chi connectivity index (χ3v) is 7.56. The highest BCUT2D eigenvalue weighted by molar-refractivity contribution is 8.00. The molecule has 1 aliphatic carbocycles. The summed E-state index contributed by atoms with van der Waals surface area (Å²) >= 11 is 1.19. The zero-order valence-corrected chi connectivity index (χ0v) is 22.2. The van der Waals surface area contributed by atoms with Gasteiger partial charge in [-0.15, -0.1) is 10.2 Å². The van der Waals surface area contributed by atoms with Crippen molar-refractivity contribution in [1.29, 1.82) is 0 Å². The van der Waals surface area contributed by atoms with Gasteiger partial charge in [0.15, 0.2) is 11.6 Å². The van der Waals surface area contributed by atoms with Crippen LogP contribution in [0.2, 0.25) is 0 Å². The van der Waals surface area contributed by atoms with Crippen molar-refractivity contribution in [3.8, 4) is 22.5 Å². The first-order chi connectivity index (χ1) is 19.5. The number of nitrogens with zero attached hydrogens (tertiary/aromatic N) is 3. The molecule has 5 aromatic rings. The molecule has 4 aromatic carbocycles. The quantitative estimate of drug-likeness (QED) is 0.254. The van der Waals surface area contributed by atoms with Gasteiger partial charge in [0.05, 0.1) is 5.25 Å². The third-order valence-electron chi connectivity index (χ3n) is 6.61. The van der Waals surface area contributed by atoms with Crippen LogP contribution in [0.25, 0.3) is 22.5 Å². The number of hydrogen-bond donors (Lipinski definition) is 1. The summed E-state index contributed by atoms with van der Waals surface area (Å²) in [5.74, 6) is -0.739. The second-order valence-electron chi connectivity index (χ2n) is 9.24. The SMILES string of the molecule is C[C@@H](Sc1nnc(-c2ccccc2)c(-c2ccccc2)n1)C(=O)Nc1ccc2c(c1)C(=O)c1ccccc1C2=O. The summed E-state index contributed by atoms with van der Waals surface area (Å²) in [5.41, 5.74) is 4.91. The van der Waals surface area contributed by atoms with Crippen molar-refractivity contribution < 1.29 is 14.4 Å². The average molecular weight is 543 g/mol. The Labute approximate surface area is 234 Å². The molecule has 0 spiro atoms. The van der Waals surface area contributed by atoms with Crippen molar-refractivity contribution in [2.45, 2.75) is 17.3 Å². The predicted octanol–water partition coefficient (Wildman–Crippen LogP) is 6.10. The zero-order chi connectivity index (χ0) is 27.6. The number of fused-ring (bicyclic) bond motifs is 2. The van der Waals surface area contributed by atoms with E-state index >= 15 is 0 Å². The zero-order valence-electron chi connectivity index (χ0n) is 21.4. The molecule has 0 radical (unpaired) electrons. The van der Waals surface area contributed by atoms with Gasteiger partial charge in [-0.25, -0.2) is 4.98 Å². The van der Waals surface area contributed by atoms with Crippen molar-refractivity contribution in [2.24, 2.45) is 0 Å². The van der Waals surface area contributed by atoms with E-state index in [1.165, 1.54) is 11.8 Å². The molecule has 8 heteroatoms. The van der Waals surface area contributed by atoms with Crippen LogP contribution in [-0.4, -0.2) is 37.9 Å². The lowest BCUT2D eigenvalue weighted by atomic mass is 9.84. The molecule has 6 rings (SSSR count). The van der Waals surface area contributed by atoms with E-state index in [0.29, 0.717) is 38.9 Å². The van der Waals surface area contributed by atoms with Gasteiger partial charge in [-0.05, 0) is 25.1 Å². The van der Waals surface area contributed by atoms with E-state index in [1.807, 2.05) is 60.7 Å². The number of amides is 1. The number of rotatable bonds is 6. The number of anilines is 1. The standard InChI is InChI=1S/C32H22N4O3S/c1-19(31(39)33-22-16-17-25-26(18-22)30(38)24-15-9-8-14-23(24)29(25)37)40-32-34-27(20-10-4-2-5-11-20)28(35-36-32)21-12-6-3-7-13-21/h2-19H,1H3,(H,33,39)/t19-/m1/s1. The van der Waals surface area contributed by atoms with Crippen molar-refractivity contribution in [2.75, 3.05) is 5.32 Å². The number of nitrogens with one attached hydrogen (secondary N) is 1. The monoisotopic (exact) mass is 542 g/mol. The van der Waals surface area contributed by atoms with Crippen LogP contribution in [0.1, 0.15) is 38.8 Å². The van der Waals surface area contributed by atoms with Crippen molar-refractivity contribution >= 4 is 34.9 Å². The van der Waals surface area contributed by atoms with Gasteiger partial charge in [-0.2, -0.15) is 0 Å². The Hall–Kier alpha value is -4.95. The summed E-state index contributed by atoms with van der Waals surface area (Å²) in [5, 5.41) is 11.4. The molecule has 1 atom stereocenters. The van der Waals surface area contributed by atoms with Crippen LogP contribution in [0.4, 0.5) is 5.69 Å². The molecule has 1 heterocycles. The molecule has 7 nitrogen and oxygen atoms in total. The van der Waals surface area contributed by atoms with Gasteiger partial charge in [-0.1, -0.05) is 96.7 Å². The molecule has 0 bridgehead atoms. The molecule has 0 saturated carbocycles. The molecular weight excluding hydrogens is 520 g/mol. The molecule has 1 aliphatic rings. The van der Waals surface area contributed by atoms with Gasteiger partial charge in [0.1, 0.15) is 11.4 Å². The molecule has 40 heavy (non-hydrogen) atoms. The summed E-state index contributed by atoms with van der Waals surface area (Å²) in [7, 11) is 0. The van der Waals surface area contributed by atoms with E-state index in [-0.39, 0.29) is 23.0 Å². The number of ketones is 2. The summed E-state index contributed by atoms with van der Waals surface area (Å²) in [6.07, 6.45) is 0. The highest BCUT2D eigenvalue weighted by atomic mass is 32.2. The Bertz CT molecular complexity index is 1770.